The van der Waals surface area contributed by atoms with Crippen LogP contribution in [0.2, 0.25) is 0 Å². The molecule has 0 aromatic heterocycles. The van der Waals surface area contributed by atoms with Crippen molar-refractivity contribution in [2.45, 2.75) is 19.3 Å². The highest BCUT2D eigenvalue weighted by Gasteiger charge is 2.19. The van der Waals surface area contributed by atoms with Crippen LogP contribution in [0.3, 0.4) is 0 Å². The van der Waals surface area contributed by atoms with Crippen molar-refractivity contribution < 1.29 is 9.50 Å². The highest BCUT2D eigenvalue weighted by atomic mass is 16.6. The van der Waals surface area contributed by atoms with E-state index >= 15 is 0 Å². The summed E-state index contributed by atoms with van der Waals surface area (Å²) >= 11 is 0. The van der Waals surface area contributed by atoms with Gasteiger partial charge < -0.3 is 0 Å². The number of benzene rings is 1. The smallest absolute Gasteiger partial charge is 0.285 e. The van der Waals surface area contributed by atoms with Gasteiger partial charge in [-0.1, -0.05) is 12.1 Å². The molecule has 1 aliphatic rings. The van der Waals surface area contributed by atoms with Gasteiger partial charge in [0.05, 0.1) is 18.0 Å². The number of piperidine rings is 1. The molecule has 0 aliphatic carbocycles. The largest absolute Gasteiger partial charge is 0.306 e. The molecular weight excluding hydrogens is 284 g/mol. The summed E-state index contributed by atoms with van der Waals surface area (Å²) in [6, 6.07) is 8.03. The van der Waals surface area contributed by atoms with E-state index < -0.39 is 4.92 Å². The van der Waals surface area contributed by atoms with E-state index in [0.717, 1.165) is 32.4 Å². The maximum absolute atomic E-state index is 10.9. The Morgan fingerprint density at radius 3 is 2.68 bits per heavy atom. The van der Waals surface area contributed by atoms with Crippen LogP contribution in [0.4, 0.5) is 11.4 Å². The predicted molar refractivity (Wildman–Crippen MR) is 82.8 cm³/mol. The van der Waals surface area contributed by atoms with Crippen molar-refractivity contribution in [3.63, 3.8) is 0 Å². The molecule has 0 radical (unpaired) electrons. The SMILES string of the molecule is N#C/C(=N/Nc1ccccc1[N+](=O)[O-])C(N)=[N+]1CCCCC1. The molecule has 1 heterocycles. The van der Waals surface area contributed by atoms with Crippen molar-refractivity contribution in [2.75, 3.05) is 18.5 Å². The number of nitriles is 1. The number of amidine groups is 1. The number of anilines is 1. The third-order valence-corrected chi connectivity index (χ3v) is 3.43. The van der Waals surface area contributed by atoms with E-state index in [2.05, 4.69) is 10.5 Å². The number of nitro benzene ring substituents is 1. The zero-order valence-corrected chi connectivity index (χ0v) is 12.0. The minimum atomic E-state index is -0.512. The van der Waals surface area contributed by atoms with Crippen molar-refractivity contribution in [3.05, 3.63) is 34.4 Å². The van der Waals surface area contributed by atoms with E-state index in [1.165, 1.54) is 12.1 Å². The maximum Gasteiger partial charge on any atom is 0.306 e. The highest BCUT2D eigenvalue weighted by molar-refractivity contribution is 6.45. The summed E-state index contributed by atoms with van der Waals surface area (Å²) in [7, 11) is 0. The molecule has 8 heteroatoms. The van der Waals surface area contributed by atoms with Crippen LogP contribution in [-0.4, -0.2) is 34.1 Å². The second kappa shape index (κ2) is 7.17. The number of para-hydroxylation sites is 2. The molecule has 3 N–H and O–H groups in total. The lowest BCUT2D eigenvalue weighted by molar-refractivity contribution is -0.536. The van der Waals surface area contributed by atoms with E-state index in [4.69, 9.17) is 5.73 Å². The van der Waals surface area contributed by atoms with E-state index in [1.54, 1.807) is 12.1 Å². The number of nitrogens with zero attached hydrogens (tertiary/aromatic N) is 4. The summed E-state index contributed by atoms with van der Waals surface area (Å²) in [5, 5.41) is 24.1. The molecular formula is C14H17N6O2+. The predicted octanol–water partition coefficient (Wildman–Crippen LogP) is 1.44. The second-order valence-electron chi connectivity index (χ2n) is 4.89. The molecule has 0 saturated carbocycles. The third kappa shape index (κ3) is 3.58. The monoisotopic (exact) mass is 301 g/mol. The van der Waals surface area contributed by atoms with Crippen LogP contribution in [0.5, 0.6) is 0 Å². The van der Waals surface area contributed by atoms with Gasteiger partial charge in [-0.2, -0.15) is 10.4 Å². The molecule has 1 saturated heterocycles. The molecule has 22 heavy (non-hydrogen) atoms. The van der Waals surface area contributed by atoms with Gasteiger partial charge in [-0.3, -0.25) is 25.8 Å². The number of nitrogens with one attached hydrogen (secondary N) is 1. The lowest BCUT2D eigenvalue weighted by Gasteiger charge is -2.14. The van der Waals surface area contributed by atoms with Gasteiger partial charge in [0, 0.05) is 6.07 Å². The molecule has 1 aromatic carbocycles. The fraction of sp³-hybridized carbons (Fsp3) is 0.357. The van der Waals surface area contributed by atoms with Crippen LogP contribution >= 0.6 is 0 Å². The quantitative estimate of drug-likeness (QED) is 0.286. The first-order valence-electron chi connectivity index (χ1n) is 6.98. The summed E-state index contributed by atoms with van der Waals surface area (Å²) < 4.78 is 1.91. The van der Waals surface area contributed by atoms with Gasteiger partial charge in [-0.05, 0) is 25.3 Å². The van der Waals surface area contributed by atoms with E-state index in [9.17, 15) is 15.4 Å². The first-order valence-corrected chi connectivity index (χ1v) is 6.98. The summed E-state index contributed by atoms with van der Waals surface area (Å²) in [5.74, 6) is 0.299. The first kappa shape index (κ1) is 15.4. The average molecular weight is 301 g/mol. The van der Waals surface area contributed by atoms with Crippen LogP contribution in [0, 0.1) is 21.4 Å². The van der Waals surface area contributed by atoms with E-state index in [1.807, 2.05) is 10.6 Å². The standard InChI is InChI=1S/C14H16N6O2/c15-10-12(14(16)19-8-4-1-5-9-19)18-17-11-6-2-3-7-13(11)20(21)22/h2-3,6-7H,1,4-5,8-9H2,(H2,16,17)/p+1. The minimum absolute atomic E-state index is 0.0278. The Morgan fingerprint density at radius 2 is 2.05 bits per heavy atom. The molecule has 114 valence electrons. The Kier molecular flexibility index (Phi) is 5.03. The first-order chi connectivity index (χ1) is 10.6. The fourth-order valence-corrected chi connectivity index (χ4v) is 2.27. The van der Waals surface area contributed by atoms with Crippen LogP contribution in [-0.2, 0) is 0 Å². The average Bonchev–Trinajstić information content (AvgIpc) is 2.56. The number of hydrogen-bond donors (Lipinski definition) is 2. The lowest BCUT2D eigenvalue weighted by Crippen LogP contribution is -2.38. The summed E-state index contributed by atoms with van der Waals surface area (Å²) in [6.07, 6.45) is 3.20. The Labute approximate surface area is 127 Å². The van der Waals surface area contributed by atoms with Crippen LogP contribution in [0.1, 0.15) is 19.3 Å². The molecule has 1 aromatic rings. The van der Waals surface area contributed by atoms with Gasteiger partial charge >= 0.3 is 5.84 Å². The van der Waals surface area contributed by atoms with Crippen LogP contribution in [0.25, 0.3) is 0 Å². The van der Waals surface area contributed by atoms with Crippen LogP contribution in [0.15, 0.2) is 29.4 Å². The zero-order valence-electron chi connectivity index (χ0n) is 12.0. The summed E-state index contributed by atoms with van der Waals surface area (Å²) in [6.45, 7) is 1.58. The van der Waals surface area contributed by atoms with E-state index in [-0.39, 0.29) is 17.1 Å². The topological polar surface area (TPSA) is 120 Å². The molecule has 0 spiro atoms. The summed E-state index contributed by atoms with van der Waals surface area (Å²) in [4.78, 5) is 10.4. The third-order valence-electron chi connectivity index (χ3n) is 3.43. The molecule has 0 unspecified atom stereocenters. The Hall–Kier alpha value is -2.95. The van der Waals surface area contributed by atoms with Crippen molar-refractivity contribution in [1.82, 2.24) is 0 Å². The van der Waals surface area contributed by atoms with Gasteiger partial charge in [-0.25, -0.2) is 0 Å². The van der Waals surface area contributed by atoms with Crippen LogP contribution < -0.4 is 11.2 Å². The molecule has 1 fully saturated rings. The van der Waals surface area contributed by atoms with Gasteiger partial charge in [0.15, 0.2) is 0 Å². The lowest BCUT2D eigenvalue weighted by atomic mass is 10.1. The number of hydrazone groups is 1. The van der Waals surface area contributed by atoms with Crippen molar-refractivity contribution in [2.24, 2.45) is 10.8 Å². The molecule has 1 aliphatic heterocycles. The van der Waals surface area contributed by atoms with Gasteiger partial charge in [-0.15, -0.1) is 0 Å². The Bertz CT molecular complexity index is 666. The number of nitrogens with two attached hydrogens (primary N) is 1. The highest BCUT2D eigenvalue weighted by Crippen LogP contribution is 2.22. The number of hydrogen-bond acceptors (Lipinski definition) is 5. The van der Waals surface area contributed by atoms with Crippen molar-refractivity contribution >= 4 is 22.9 Å². The minimum Gasteiger partial charge on any atom is -0.285 e. The van der Waals surface area contributed by atoms with Crippen molar-refractivity contribution in [1.29, 1.82) is 5.26 Å². The Balaban J connectivity index is 2.24. The van der Waals surface area contributed by atoms with Gasteiger partial charge in [0.25, 0.3) is 5.69 Å². The van der Waals surface area contributed by atoms with E-state index in [0.29, 0.717) is 5.84 Å². The van der Waals surface area contributed by atoms with Crippen molar-refractivity contribution in [3.8, 4) is 6.07 Å². The zero-order chi connectivity index (χ0) is 15.9. The second-order valence-corrected chi connectivity index (χ2v) is 4.89. The normalized spacial score (nSPS) is 15.0. The fourth-order valence-electron chi connectivity index (χ4n) is 2.27. The molecule has 0 atom stereocenters. The Morgan fingerprint density at radius 1 is 1.36 bits per heavy atom. The molecule has 0 bridgehead atoms. The summed E-state index contributed by atoms with van der Waals surface area (Å²) in [5.41, 5.74) is 8.67. The van der Waals surface area contributed by atoms with Gasteiger partial charge in [0.1, 0.15) is 11.8 Å². The number of rotatable bonds is 4. The molecule has 2 rings (SSSR count). The molecule has 8 nitrogen and oxygen atoms in total. The van der Waals surface area contributed by atoms with Gasteiger partial charge in [0.2, 0.25) is 5.71 Å². The number of nitro groups is 1. The maximum atomic E-state index is 10.9. The molecule has 0 amide bonds.